The fourth-order valence-electron chi connectivity index (χ4n) is 4.61. The Kier molecular flexibility index (Phi) is 6.94. The van der Waals surface area contributed by atoms with Crippen LogP contribution in [-0.4, -0.2) is 38.8 Å². The molecule has 38 heavy (non-hydrogen) atoms. The summed E-state index contributed by atoms with van der Waals surface area (Å²) in [6, 6.07) is 21.9. The number of halogens is 1. The van der Waals surface area contributed by atoms with Crippen LogP contribution in [0.15, 0.2) is 85.1 Å². The minimum atomic E-state index is -1.05. The summed E-state index contributed by atoms with van der Waals surface area (Å²) in [4.78, 5) is 45.1. The molecule has 1 aliphatic rings. The van der Waals surface area contributed by atoms with Crippen molar-refractivity contribution >= 4 is 35.1 Å². The van der Waals surface area contributed by atoms with Gasteiger partial charge in [-0.15, -0.1) is 0 Å². The summed E-state index contributed by atoms with van der Waals surface area (Å²) in [6.45, 7) is 2.05. The minimum Gasteiger partial charge on any atom is -0.478 e. The van der Waals surface area contributed by atoms with Crippen LogP contribution in [0.3, 0.4) is 0 Å². The summed E-state index contributed by atoms with van der Waals surface area (Å²) >= 11 is 6.15. The third-order valence-electron chi connectivity index (χ3n) is 6.57. The monoisotopic (exact) mass is 525 g/mol. The summed E-state index contributed by atoms with van der Waals surface area (Å²) in [5.41, 5.74) is 4.53. The van der Waals surface area contributed by atoms with E-state index in [4.69, 9.17) is 11.6 Å². The number of anilines is 1. The van der Waals surface area contributed by atoms with Crippen LogP contribution in [0.4, 0.5) is 5.69 Å². The molecule has 0 saturated heterocycles. The minimum absolute atomic E-state index is 0.0879. The van der Waals surface area contributed by atoms with Crippen molar-refractivity contribution in [2.75, 3.05) is 5.32 Å². The van der Waals surface area contributed by atoms with Gasteiger partial charge >= 0.3 is 5.97 Å². The number of nitrogens with zero attached hydrogens (tertiary/aromatic N) is 2. The number of nitrogens with one attached hydrogen (secondary N) is 1. The molecule has 2 N–H and O–H groups in total. The van der Waals surface area contributed by atoms with Gasteiger partial charge in [0.15, 0.2) is 0 Å². The molecule has 0 bridgehead atoms. The zero-order valence-corrected chi connectivity index (χ0v) is 21.3. The van der Waals surface area contributed by atoms with E-state index in [2.05, 4.69) is 10.3 Å². The lowest BCUT2D eigenvalue weighted by Crippen LogP contribution is -2.46. The molecule has 4 aromatic rings. The molecule has 1 aliphatic heterocycles. The standard InChI is InChI=1S/C30H24ClN3O4/c1-18-5-8-20(9-6-18)25-14-19(7-11-23(25)30(37)38)17-34-27(16-22-4-2-3-13-32-22)28(35)33-26-15-21(31)10-12-24(26)29(34)36/h2-15,27H,16-17H2,1H3,(H,33,35)(H,37,38)/t27-/m1/s1. The predicted molar refractivity (Wildman–Crippen MR) is 145 cm³/mol. The molecule has 3 aromatic carbocycles. The van der Waals surface area contributed by atoms with Gasteiger partial charge in [0, 0.05) is 29.9 Å². The Morgan fingerprint density at radius 1 is 1.00 bits per heavy atom. The summed E-state index contributed by atoms with van der Waals surface area (Å²) < 4.78 is 0. The largest absolute Gasteiger partial charge is 0.478 e. The Morgan fingerprint density at radius 2 is 1.79 bits per heavy atom. The number of aryl methyl sites for hydroxylation is 1. The molecule has 5 rings (SSSR count). The second-order valence-electron chi connectivity index (χ2n) is 9.20. The van der Waals surface area contributed by atoms with Gasteiger partial charge in [-0.05, 0) is 66.1 Å². The number of rotatable bonds is 6. The van der Waals surface area contributed by atoms with Crippen molar-refractivity contribution in [3.63, 3.8) is 0 Å². The number of amides is 2. The van der Waals surface area contributed by atoms with Crippen LogP contribution in [0, 0.1) is 6.92 Å². The normalized spacial score (nSPS) is 15.0. The molecule has 190 valence electrons. The van der Waals surface area contributed by atoms with E-state index in [0.717, 1.165) is 11.1 Å². The molecule has 0 spiro atoms. The smallest absolute Gasteiger partial charge is 0.336 e. The Hall–Kier alpha value is -4.49. The zero-order valence-electron chi connectivity index (χ0n) is 20.5. The zero-order chi connectivity index (χ0) is 26.8. The van der Waals surface area contributed by atoms with Crippen molar-refractivity contribution in [2.45, 2.75) is 25.9 Å². The molecular weight excluding hydrogens is 502 g/mol. The van der Waals surface area contributed by atoms with Crippen molar-refractivity contribution in [1.29, 1.82) is 0 Å². The lowest BCUT2D eigenvalue weighted by molar-refractivity contribution is -0.120. The molecule has 0 radical (unpaired) electrons. The van der Waals surface area contributed by atoms with Gasteiger partial charge in [-0.2, -0.15) is 0 Å². The Balaban J connectivity index is 1.58. The van der Waals surface area contributed by atoms with Crippen molar-refractivity contribution in [1.82, 2.24) is 9.88 Å². The highest BCUT2D eigenvalue weighted by Gasteiger charge is 2.36. The quantitative estimate of drug-likeness (QED) is 0.340. The molecule has 8 heteroatoms. The third-order valence-corrected chi connectivity index (χ3v) is 6.80. The SMILES string of the molecule is Cc1ccc(-c2cc(CN3C(=O)c4ccc(Cl)cc4NC(=O)[C@H]3Cc3ccccn3)ccc2C(=O)O)cc1. The summed E-state index contributed by atoms with van der Waals surface area (Å²) in [7, 11) is 0. The van der Waals surface area contributed by atoms with Gasteiger partial charge in [-0.3, -0.25) is 14.6 Å². The first-order valence-electron chi connectivity index (χ1n) is 12.0. The number of carbonyl (C=O) groups is 3. The van der Waals surface area contributed by atoms with E-state index in [-0.39, 0.29) is 30.3 Å². The van der Waals surface area contributed by atoms with E-state index in [0.29, 0.717) is 33.1 Å². The lowest BCUT2D eigenvalue weighted by Gasteiger charge is -2.29. The van der Waals surface area contributed by atoms with Gasteiger partial charge in [-0.25, -0.2) is 4.79 Å². The van der Waals surface area contributed by atoms with E-state index in [1.807, 2.05) is 43.3 Å². The maximum Gasteiger partial charge on any atom is 0.336 e. The van der Waals surface area contributed by atoms with Crippen molar-refractivity contribution in [3.8, 4) is 11.1 Å². The van der Waals surface area contributed by atoms with E-state index in [1.165, 1.54) is 11.0 Å². The molecule has 1 atom stereocenters. The second-order valence-corrected chi connectivity index (χ2v) is 9.64. The number of hydrogen-bond acceptors (Lipinski definition) is 4. The Labute approximate surface area is 224 Å². The van der Waals surface area contributed by atoms with Crippen molar-refractivity contribution in [2.24, 2.45) is 0 Å². The molecule has 2 amide bonds. The number of carbonyl (C=O) groups excluding carboxylic acids is 2. The Bertz CT molecular complexity index is 1540. The van der Waals surface area contributed by atoms with Crippen molar-refractivity contribution < 1.29 is 19.5 Å². The van der Waals surface area contributed by atoms with Gasteiger partial charge in [0.05, 0.1) is 16.8 Å². The molecule has 2 heterocycles. The van der Waals surface area contributed by atoms with Crippen LogP contribution in [0.2, 0.25) is 5.02 Å². The second kappa shape index (κ2) is 10.5. The molecule has 1 aromatic heterocycles. The van der Waals surface area contributed by atoms with Gasteiger partial charge in [0.1, 0.15) is 6.04 Å². The summed E-state index contributed by atoms with van der Waals surface area (Å²) in [5, 5.41) is 13.1. The number of hydrogen-bond donors (Lipinski definition) is 2. The molecule has 0 aliphatic carbocycles. The topological polar surface area (TPSA) is 99.6 Å². The van der Waals surface area contributed by atoms with Crippen molar-refractivity contribution in [3.05, 3.63) is 118 Å². The van der Waals surface area contributed by atoms with Gasteiger partial charge < -0.3 is 15.3 Å². The van der Waals surface area contributed by atoms with E-state index in [1.54, 1.807) is 42.6 Å². The van der Waals surface area contributed by atoms with E-state index < -0.39 is 12.0 Å². The molecule has 0 saturated carbocycles. The number of aromatic nitrogens is 1. The number of fused-ring (bicyclic) bond motifs is 1. The highest BCUT2D eigenvalue weighted by molar-refractivity contribution is 6.31. The van der Waals surface area contributed by atoms with Gasteiger partial charge in [0.25, 0.3) is 5.91 Å². The fourth-order valence-corrected chi connectivity index (χ4v) is 4.78. The van der Waals surface area contributed by atoms with Crippen LogP contribution in [-0.2, 0) is 17.8 Å². The Morgan fingerprint density at radius 3 is 2.50 bits per heavy atom. The first kappa shape index (κ1) is 25.2. The number of carboxylic acids is 1. The highest BCUT2D eigenvalue weighted by atomic mass is 35.5. The van der Waals surface area contributed by atoms with E-state index in [9.17, 15) is 19.5 Å². The number of aromatic carboxylic acids is 1. The van der Waals surface area contributed by atoms with Crippen LogP contribution in [0.25, 0.3) is 11.1 Å². The predicted octanol–water partition coefficient (Wildman–Crippen LogP) is 5.61. The first-order chi connectivity index (χ1) is 18.3. The summed E-state index contributed by atoms with van der Waals surface area (Å²) in [6.07, 6.45) is 1.85. The molecular formula is C30H24ClN3O4. The van der Waals surface area contributed by atoms with Gasteiger partial charge in [-0.1, -0.05) is 53.6 Å². The highest BCUT2D eigenvalue weighted by Crippen LogP contribution is 2.31. The van der Waals surface area contributed by atoms with Crippen LogP contribution >= 0.6 is 11.6 Å². The fraction of sp³-hybridized carbons (Fsp3) is 0.133. The van der Waals surface area contributed by atoms with Crippen LogP contribution < -0.4 is 5.32 Å². The molecule has 0 fully saturated rings. The lowest BCUT2D eigenvalue weighted by atomic mass is 9.96. The maximum atomic E-state index is 13.8. The average Bonchev–Trinajstić information content (AvgIpc) is 2.99. The van der Waals surface area contributed by atoms with Crippen LogP contribution in [0.1, 0.15) is 37.5 Å². The van der Waals surface area contributed by atoms with Crippen LogP contribution in [0.5, 0.6) is 0 Å². The molecule has 7 nitrogen and oxygen atoms in total. The maximum absolute atomic E-state index is 13.8. The number of carboxylic acid groups (broad SMARTS) is 1. The average molecular weight is 526 g/mol. The third kappa shape index (κ3) is 5.14. The van der Waals surface area contributed by atoms with E-state index >= 15 is 0 Å². The number of benzene rings is 3. The van der Waals surface area contributed by atoms with Gasteiger partial charge in [0.2, 0.25) is 5.91 Å². The number of pyridine rings is 1. The summed E-state index contributed by atoms with van der Waals surface area (Å²) in [5.74, 6) is -1.74. The first-order valence-corrected chi connectivity index (χ1v) is 12.4. The molecule has 0 unspecified atom stereocenters.